The summed E-state index contributed by atoms with van der Waals surface area (Å²) in [6, 6.07) is 3.41. The van der Waals surface area contributed by atoms with E-state index < -0.39 is 0 Å². The van der Waals surface area contributed by atoms with Crippen LogP contribution in [0.1, 0.15) is 26.8 Å². The summed E-state index contributed by atoms with van der Waals surface area (Å²) in [5, 5.41) is 14.5. The zero-order valence-corrected chi connectivity index (χ0v) is 12.4. The van der Waals surface area contributed by atoms with Crippen LogP contribution in [0.3, 0.4) is 0 Å². The minimum atomic E-state index is -0.273. The molecule has 108 valence electrons. The maximum absolute atomic E-state index is 12.1. The third kappa shape index (κ3) is 4.38. The van der Waals surface area contributed by atoms with E-state index in [2.05, 4.69) is 27.1 Å². The van der Waals surface area contributed by atoms with Crippen LogP contribution in [-0.2, 0) is 6.42 Å². The number of hydrogen-bond donors (Lipinski definition) is 2. The summed E-state index contributed by atoms with van der Waals surface area (Å²) in [4.78, 5) is 20.5. The molecule has 0 aliphatic rings. The van der Waals surface area contributed by atoms with Gasteiger partial charge in [0.15, 0.2) is 0 Å². The number of carbonyl (C=O) groups is 1. The highest BCUT2D eigenvalue weighted by molar-refractivity contribution is 7.09. The van der Waals surface area contributed by atoms with E-state index in [-0.39, 0.29) is 18.2 Å². The monoisotopic (exact) mass is 301 g/mol. The molecule has 0 aromatic carbocycles. The van der Waals surface area contributed by atoms with Crippen molar-refractivity contribution in [3.8, 4) is 11.8 Å². The van der Waals surface area contributed by atoms with Crippen molar-refractivity contribution in [3.63, 3.8) is 0 Å². The van der Waals surface area contributed by atoms with Crippen molar-refractivity contribution in [1.82, 2.24) is 15.3 Å². The van der Waals surface area contributed by atoms with Crippen LogP contribution >= 0.6 is 11.3 Å². The number of aryl methyl sites for hydroxylation is 1. The fraction of sp³-hybridized carbons (Fsp3) is 0.267. The lowest BCUT2D eigenvalue weighted by Crippen LogP contribution is -2.27. The zero-order valence-electron chi connectivity index (χ0n) is 11.6. The Kier molecular flexibility index (Phi) is 5.43. The van der Waals surface area contributed by atoms with Crippen LogP contribution in [0.4, 0.5) is 0 Å². The van der Waals surface area contributed by atoms with Crippen molar-refractivity contribution in [2.24, 2.45) is 0 Å². The molecule has 0 saturated heterocycles. The first-order chi connectivity index (χ1) is 10.2. The van der Waals surface area contributed by atoms with Gasteiger partial charge < -0.3 is 10.4 Å². The molecule has 2 heterocycles. The Bertz CT molecular complexity index is 685. The van der Waals surface area contributed by atoms with Crippen molar-refractivity contribution in [2.75, 3.05) is 13.2 Å². The lowest BCUT2D eigenvalue weighted by Gasteiger charge is -2.05. The first-order valence-electron chi connectivity index (χ1n) is 6.44. The SMILES string of the molecule is Cc1nc(CCNC(=O)c2ncccc2C#CCO)cs1. The smallest absolute Gasteiger partial charge is 0.271 e. The number of aromatic nitrogens is 2. The lowest BCUT2D eigenvalue weighted by molar-refractivity contribution is 0.0949. The third-order valence-electron chi connectivity index (χ3n) is 2.66. The molecule has 0 fully saturated rings. The van der Waals surface area contributed by atoms with Gasteiger partial charge in [0.2, 0.25) is 0 Å². The number of aliphatic hydroxyl groups excluding tert-OH is 1. The predicted octanol–water partition coefficient (Wildman–Crippen LogP) is 1.16. The highest BCUT2D eigenvalue weighted by Gasteiger charge is 2.11. The zero-order chi connectivity index (χ0) is 15.1. The normalized spacial score (nSPS) is 9.81. The van der Waals surface area contributed by atoms with Gasteiger partial charge in [0, 0.05) is 24.5 Å². The summed E-state index contributed by atoms with van der Waals surface area (Å²) in [6.07, 6.45) is 2.23. The molecule has 2 rings (SSSR count). The minimum absolute atomic E-state index is 0.251. The average molecular weight is 301 g/mol. The number of nitrogens with one attached hydrogen (secondary N) is 1. The van der Waals surface area contributed by atoms with Gasteiger partial charge in [0.1, 0.15) is 12.3 Å². The maximum atomic E-state index is 12.1. The van der Waals surface area contributed by atoms with Gasteiger partial charge in [-0.3, -0.25) is 4.79 Å². The first kappa shape index (κ1) is 15.2. The van der Waals surface area contributed by atoms with Gasteiger partial charge in [-0.25, -0.2) is 9.97 Å². The molecule has 0 radical (unpaired) electrons. The van der Waals surface area contributed by atoms with E-state index in [4.69, 9.17) is 5.11 Å². The van der Waals surface area contributed by atoms with Gasteiger partial charge in [-0.05, 0) is 19.1 Å². The Morgan fingerprint density at radius 1 is 1.52 bits per heavy atom. The molecule has 0 saturated carbocycles. The molecule has 0 bridgehead atoms. The molecule has 0 atom stereocenters. The molecule has 2 aromatic rings. The van der Waals surface area contributed by atoms with Gasteiger partial charge in [0.25, 0.3) is 5.91 Å². The summed E-state index contributed by atoms with van der Waals surface area (Å²) in [5.41, 5.74) is 1.75. The van der Waals surface area contributed by atoms with E-state index in [1.807, 2.05) is 12.3 Å². The molecule has 6 heteroatoms. The molecule has 5 nitrogen and oxygen atoms in total. The quantitative estimate of drug-likeness (QED) is 0.831. The summed E-state index contributed by atoms with van der Waals surface area (Å²) in [7, 11) is 0. The number of nitrogens with zero attached hydrogens (tertiary/aromatic N) is 2. The van der Waals surface area contributed by atoms with E-state index in [0.717, 1.165) is 10.7 Å². The van der Waals surface area contributed by atoms with Crippen LogP contribution in [0.15, 0.2) is 23.7 Å². The maximum Gasteiger partial charge on any atom is 0.271 e. The van der Waals surface area contributed by atoms with Crippen molar-refractivity contribution >= 4 is 17.2 Å². The minimum Gasteiger partial charge on any atom is -0.384 e. The van der Waals surface area contributed by atoms with Crippen molar-refractivity contribution in [2.45, 2.75) is 13.3 Å². The van der Waals surface area contributed by atoms with E-state index in [9.17, 15) is 4.79 Å². The number of amides is 1. The number of carbonyl (C=O) groups excluding carboxylic acids is 1. The highest BCUT2D eigenvalue weighted by Crippen LogP contribution is 2.08. The molecular formula is C15H15N3O2S. The fourth-order valence-electron chi connectivity index (χ4n) is 1.73. The predicted molar refractivity (Wildman–Crippen MR) is 81.1 cm³/mol. The van der Waals surface area contributed by atoms with E-state index >= 15 is 0 Å². The van der Waals surface area contributed by atoms with Gasteiger partial charge in [-0.15, -0.1) is 11.3 Å². The first-order valence-corrected chi connectivity index (χ1v) is 7.32. The van der Waals surface area contributed by atoms with E-state index in [1.165, 1.54) is 0 Å². The third-order valence-corrected chi connectivity index (χ3v) is 3.48. The molecule has 0 aliphatic carbocycles. The van der Waals surface area contributed by atoms with Crippen LogP contribution < -0.4 is 5.32 Å². The number of rotatable bonds is 4. The Morgan fingerprint density at radius 3 is 3.10 bits per heavy atom. The van der Waals surface area contributed by atoms with Gasteiger partial charge in [-0.2, -0.15) is 0 Å². The molecule has 21 heavy (non-hydrogen) atoms. The second-order valence-corrected chi connectivity index (χ2v) is 5.29. The number of thiazole rings is 1. The van der Waals surface area contributed by atoms with Gasteiger partial charge in [-0.1, -0.05) is 11.8 Å². The second kappa shape index (κ2) is 7.53. The van der Waals surface area contributed by atoms with Crippen LogP contribution in [-0.4, -0.2) is 34.1 Å². The van der Waals surface area contributed by atoms with Crippen LogP contribution in [0.25, 0.3) is 0 Å². The summed E-state index contributed by atoms with van der Waals surface area (Å²) < 4.78 is 0. The molecular weight excluding hydrogens is 286 g/mol. The second-order valence-electron chi connectivity index (χ2n) is 4.22. The summed E-state index contributed by atoms with van der Waals surface area (Å²) >= 11 is 1.59. The van der Waals surface area contributed by atoms with Crippen LogP contribution in [0.5, 0.6) is 0 Å². The Hall–Kier alpha value is -2.23. The lowest BCUT2D eigenvalue weighted by atomic mass is 10.2. The molecule has 0 spiro atoms. The molecule has 1 amide bonds. The summed E-state index contributed by atoms with van der Waals surface area (Å²) in [5.74, 6) is 4.97. The molecule has 2 N–H and O–H groups in total. The fourth-order valence-corrected chi connectivity index (χ4v) is 2.38. The Balaban J connectivity index is 1.97. The van der Waals surface area contributed by atoms with Gasteiger partial charge >= 0.3 is 0 Å². The Morgan fingerprint density at radius 2 is 2.38 bits per heavy atom. The van der Waals surface area contributed by atoms with Crippen molar-refractivity contribution in [3.05, 3.63) is 45.7 Å². The van der Waals surface area contributed by atoms with Crippen molar-refractivity contribution in [1.29, 1.82) is 0 Å². The topological polar surface area (TPSA) is 75.1 Å². The average Bonchev–Trinajstić information content (AvgIpc) is 2.91. The number of aliphatic hydroxyl groups is 1. The van der Waals surface area contributed by atoms with Crippen molar-refractivity contribution < 1.29 is 9.90 Å². The molecule has 2 aromatic heterocycles. The Labute approximate surface area is 127 Å². The summed E-state index contributed by atoms with van der Waals surface area (Å²) in [6.45, 7) is 2.19. The van der Waals surface area contributed by atoms with Crippen LogP contribution in [0.2, 0.25) is 0 Å². The van der Waals surface area contributed by atoms with Gasteiger partial charge in [0.05, 0.1) is 16.3 Å². The largest absolute Gasteiger partial charge is 0.384 e. The van der Waals surface area contributed by atoms with Crippen LogP contribution in [0, 0.1) is 18.8 Å². The number of pyridine rings is 1. The highest BCUT2D eigenvalue weighted by atomic mass is 32.1. The molecule has 0 aliphatic heterocycles. The number of hydrogen-bond acceptors (Lipinski definition) is 5. The molecule has 0 unspecified atom stereocenters. The van der Waals surface area contributed by atoms with E-state index in [0.29, 0.717) is 18.5 Å². The van der Waals surface area contributed by atoms with E-state index in [1.54, 1.807) is 29.7 Å². The standard InChI is InChI=1S/C15H15N3O2S/c1-11-18-13(10-21-11)6-8-17-15(20)14-12(5-3-9-19)4-2-7-16-14/h2,4,7,10,19H,6,8-9H2,1H3,(H,17,20).